The first-order valence-corrected chi connectivity index (χ1v) is 6.76. The summed E-state index contributed by atoms with van der Waals surface area (Å²) in [5.41, 5.74) is -0.356. The van der Waals surface area contributed by atoms with Gasteiger partial charge in [-0.15, -0.1) is 11.6 Å². The maximum atomic E-state index is 12.2. The van der Waals surface area contributed by atoms with Gasteiger partial charge in [0.2, 0.25) is 0 Å². The summed E-state index contributed by atoms with van der Waals surface area (Å²) in [5, 5.41) is 3.06. The number of anilines is 1. The van der Waals surface area contributed by atoms with Crippen molar-refractivity contribution in [2.24, 2.45) is 0 Å². The van der Waals surface area contributed by atoms with Gasteiger partial charge in [-0.25, -0.2) is 4.98 Å². The van der Waals surface area contributed by atoms with E-state index in [0.717, 1.165) is 12.8 Å². The predicted octanol–water partition coefficient (Wildman–Crippen LogP) is 2.82. The second kappa shape index (κ2) is 6.23. The molecule has 1 heterocycles. The van der Waals surface area contributed by atoms with Crippen molar-refractivity contribution in [3.05, 3.63) is 22.7 Å². The van der Waals surface area contributed by atoms with Gasteiger partial charge in [0, 0.05) is 24.5 Å². The minimum atomic E-state index is -0.250. The highest BCUT2D eigenvalue weighted by molar-refractivity contribution is 6.20. The van der Waals surface area contributed by atoms with Crippen LogP contribution in [0.25, 0.3) is 0 Å². The Morgan fingerprint density at radius 3 is 2.72 bits per heavy atom. The summed E-state index contributed by atoms with van der Waals surface area (Å²) >= 11 is 6.11. The first kappa shape index (κ1) is 15.0. The van der Waals surface area contributed by atoms with Crippen molar-refractivity contribution in [1.82, 2.24) is 9.55 Å². The van der Waals surface area contributed by atoms with Crippen LogP contribution in [-0.4, -0.2) is 21.5 Å². The van der Waals surface area contributed by atoms with Gasteiger partial charge in [-0.2, -0.15) is 0 Å². The second-order valence-electron chi connectivity index (χ2n) is 5.39. The molecule has 4 nitrogen and oxygen atoms in total. The highest BCUT2D eigenvalue weighted by Crippen LogP contribution is 2.11. The standard InChI is InChI=1S/C13H22ClN3O/c1-5-6-10(14)9-16-11-12(18)17(8-7-15-11)13(2,3)4/h7-8,10H,5-6,9H2,1-4H3,(H,15,16). The molecule has 0 amide bonds. The fourth-order valence-electron chi connectivity index (χ4n) is 1.68. The Bertz CT molecular complexity index is 437. The number of rotatable bonds is 5. The van der Waals surface area contributed by atoms with E-state index in [1.165, 1.54) is 0 Å². The molecule has 0 saturated heterocycles. The molecule has 5 heteroatoms. The molecule has 1 N–H and O–H groups in total. The highest BCUT2D eigenvalue weighted by Gasteiger charge is 2.16. The highest BCUT2D eigenvalue weighted by atomic mass is 35.5. The van der Waals surface area contributed by atoms with Crippen LogP contribution < -0.4 is 10.9 Å². The Kier molecular flexibility index (Phi) is 5.20. The van der Waals surface area contributed by atoms with Crippen molar-refractivity contribution in [1.29, 1.82) is 0 Å². The van der Waals surface area contributed by atoms with Gasteiger partial charge in [0.1, 0.15) is 0 Å². The monoisotopic (exact) mass is 271 g/mol. The Morgan fingerprint density at radius 2 is 2.17 bits per heavy atom. The maximum absolute atomic E-state index is 12.2. The average molecular weight is 272 g/mol. The van der Waals surface area contributed by atoms with Crippen molar-refractivity contribution in [2.45, 2.75) is 51.5 Å². The minimum Gasteiger partial charge on any atom is -0.364 e. The molecule has 1 aromatic rings. The summed E-state index contributed by atoms with van der Waals surface area (Å²) < 4.78 is 1.67. The van der Waals surface area contributed by atoms with Crippen LogP contribution in [0, 0.1) is 0 Å². The largest absolute Gasteiger partial charge is 0.364 e. The smallest absolute Gasteiger partial charge is 0.293 e. The van der Waals surface area contributed by atoms with Crippen molar-refractivity contribution < 1.29 is 0 Å². The maximum Gasteiger partial charge on any atom is 0.293 e. The van der Waals surface area contributed by atoms with Gasteiger partial charge in [0.15, 0.2) is 5.82 Å². The Balaban J connectivity index is 2.82. The van der Waals surface area contributed by atoms with E-state index in [9.17, 15) is 4.79 Å². The van der Waals surface area contributed by atoms with Crippen molar-refractivity contribution in [3.63, 3.8) is 0 Å². The number of halogens is 1. The normalized spacial score (nSPS) is 13.4. The summed E-state index contributed by atoms with van der Waals surface area (Å²) in [6.07, 6.45) is 5.30. The molecular weight excluding hydrogens is 250 g/mol. The summed E-state index contributed by atoms with van der Waals surface area (Å²) in [7, 11) is 0. The molecule has 0 bridgehead atoms. The molecule has 0 fully saturated rings. The van der Waals surface area contributed by atoms with Gasteiger partial charge in [-0.1, -0.05) is 13.3 Å². The molecule has 18 heavy (non-hydrogen) atoms. The lowest BCUT2D eigenvalue weighted by atomic mass is 10.1. The van der Waals surface area contributed by atoms with E-state index in [1.807, 2.05) is 20.8 Å². The molecule has 0 aliphatic heterocycles. The number of hydrogen-bond acceptors (Lipinski definition) is 3. The first-order valence-electron chi connectivity index (χ1n) is 6.32. The van der Waals surface area contributed by atoms with E-state index in [0.29, 0.717) is 12.4 Å². The zero-order chi connectivity index (χ0) is 13.8. The summed E-state index contributed by atoms with van der Waals surface area (Å²) in [5.74, 6) is 0.370. The Hall–Kier alpha value is -1.03. The fourth-order valence-corrected chi connectivity index (χ4v) is 1.98. The third-order valence-corrected chi connectivity index (χ3v) is 3.03. The molecule has 0 saturated carbocycles. The zero-order valence-electron chi connectivity index (χ0n) is 11.5. The van der Waals surface area contributed by atoms with Crippen molar-refractivity contribution in [3.8, 4) is 0 Å². The third-order valence-electron chi connectivity index (χ3n) is 2.66. The van der Waals surface area contributed by atoms with E-state index in [2.05, 4.69) is 17.2 Å². The van der Waals surface area contributed by atoms with Crippen LogP contribution in [-0.2, 0) is 5.54 Å². The van der Waals surface area contributed by atoms with Crippen LogP contribution in [0.3, 0.4) is 0 Å². The van der Waals surface area contributed by atoms with Gasteiger partial charge in [-0.3, -0.25) is 4.79 Å². The molecule has 102 valence electrons. The van der Waals surface area contributed by atoms with Gasteiger partial charge >= 0.3 is 0 Å². The molecule has 1 aromatic heterocycles. The van der Waals surface area contributed by atoms with Gasteiger partial charge < -0.3 is 9.88 Å². The van der Waals surface area contributed by atoms with Gasteiger partial charge in [0.05, 0.1) is 5.38 Å². The van der Waals surface area contributed by atoms with Crippen molar-refractivity contribution in [2.75, 3.05) is 11.9 Å². The molecule has 1 atom stereocenters. The molecule has 1 rings (SSSR count). The Morgan fingerprint density at radius 1 is 1.50 bits per heavy atom. The summed E-state index contributed by atoms with van der Waals surface area (Å²) in [6.45, 7) is 8.60. The number of nitrogens with zero attached hydrogens (tertiary/aromatic N) is 2. The molecule has 1 unspecified atom stereocenters. The summed E-state index contributed by atoms with van der Waals surface area (Å²) in [6, 6.07) is 0. The number of hydrogen-bond donors (Lipinski definition) is 1. The van der Waals surface area contributed by atoms with Gasteiger partial charge in [-0.05, 0) is 27.2 Å². The predicted molar refractivity (Wildman–Crippen MR) is 76.5 cm³/mol. The lowest BCUT2D eigenvalue weighted by molar-refractivity contribution is 0.383. The molecule has 0 spiro atoms. The van der Waals surface area contributed by atoms with E-state index in [1.54, 1.807) is 17.0 Å². The third kappa shape index (κ3) is 4.02. The van der Waals surface area contributed by atoms with E-state index < -0.39 is 0 Å². The summed E-state index contributed by atoms with van der Waals surface area (Å²) in [4.78, 5) is 16.3. The second-order valence-corrected chi connectivity index (χ2v) is 6.01. The van der Waals surface area contributed by atoms with Crippen LogP contribution in [0.4, 0.5) is 5.82 Å². The van der Waals surface area contributed by atoms with Crippen LogP contribution in [0.1, 0.15) is 40.5 Å². The molecule has 0 aliphatic carbocycles. The molecule has 0 aliphatic rings. The number of nitrogens with one attached hydrogen (secondary N) is 1. The average Bonchev–Trinajstić information content (AvgIpc) is 2.26. The topological polar surface area (TPSA) is 46.9 Å². The SMILES string of the molecule is CCCC(Cl)CNc1nccn(C(C)(C)C)c1=O. The van der Waals surface area contributed by atoms with Crippen molar-refractivity contribution >= 4 is 17.4 Å². The van der Waals surface area contributed by atoms with Crippen LogP contribution in [0.15, 0.2) is 17.2 Å². The number of alkyl halides is 1. The van der Waals surface area contributed by atoms with Crippen LogP contribution in [0.5, 0.6) is 0 Å². The van der Waals surface area contributed by atoms with Crippen LogP contribution in [0.2, 0.25) is 0 Å². The van der Waals surface area contributed by atoms with Crippen LogP contribution >= 0.6 is 11.6 Å². The lowest BCUT2D eigenvalue weighted by Gasteiger charge is -2.22. The number of aromatic nitrogens is 2. The molecule has 0 radical (unpaired) electrons. The first-order chi connectivity index (χ1) is 8.36. The van der Waals surface area contributed by atoms with E-state index >= 15 is 0 Å². The Labute approximate surface area is 113 Å². The molecule has 0 aromatic carbocycles. The molecular formula is C13H22ClN3O. The lowest BCUT2D eigenvalue weighted by Crippen LogP contribution is -2.35. The van der Waals surface area contributed by atoms with Gasteiger partial charge in [0.25, 0.3) is 5.56 Å². The zero-order valence-corrected chi connectivity index (χ0v) is 12.3. The fraction of sp³-hybridized carbons (Fsp3) is 0.692. The minimum absolute atomic E-state index is 0.0273. The van der Waals surface area contributed by atoms with E-state index in [-0.39, 0.29) is 16.5 Å². The van der Waals surface area contributed by atoms with E-state index in [4.69, 9.17) is 11.6 Å². The quantitative estimate of drug-likeness (QED) is 0.838.